The van der Waals surface area contributed by atoms with E-state index < -0.39 is 0 Å². The number of nitrogen functional groups attached to an aromatic ring is 1. The number of nitrogens with zero attached hydrogens (tertiary/aromatic N) is 15. The van der Waals surface area contributed by atoms with Crippen LogP contribution in [0.25, 0.3) is 101 Å². The number of para-hydroxylation sites is 1. The predicted octanol–water partition coefficient (Wildman–Crippen LogP) is 18.2. The second-order valence-electron chi connectivity index (χ2n) is 31.9. The smallest absolute Gasteiger partial charge is 0.244 e. The topological polar surface area (TPSA) is 239 Å². The fraction of sp³-hybridized carbons (Fsp3) is 0.181. The third kappa shape index (κ3) is 19.6. The number of carbonyl (C=O) groups excluding carboxylic acids is 4. The summed E-state index contributed by atoms with van der Waals surface area (Å²) in [5.74, 6) is 2.87. The third-order valence-corrected chi connectivity index (χ3v) is 24.7. The molecule has 0 saturated carbocycles. The summed E-state index contributed by atoms with van der Waals surface area (Å²) in [6.07, 6.45) is 2.37. The van der Waals surface area contributed by atoms with Crippen LogP contribution in [0.5, 0.6) is 11.5 Å². The molecule has 24 heteroatoms. The number of nitrogens with two attached hydrogens (primary N) is 1. The molecule has 129 heavy (non-hydrogen) atoms. The molecule has 23 nitrogen and oxygen atoms in total. The van der Waals surface area contributed by atoms with Gasteiger partial charge in [-0.05, 0) is 106 Å². The van der Waals surface area contributed by atoms with Crippen molar-refractivity contribution in [2.75, 3.05) is 70.7 Å². The third-order valence-electron chi connectivity index (χ3n) is 23.8. The van der Waals surface area contributed by atoms with Gasteiger partial charge in [0.1, 0.15) is 37.7 Å². The maximum atomic E-state index is 13.3. The van der Waals surface area contributed by atoms with Gasteiger partial charge in [-0.1, -0.05) is 278 Å². The summed E-state index contributed by atoms with van der Waals surface area (Å²) in [7, 11) is 3.37. The van der Waals surface area contributed by atoms with Crippen molar-refractivity contribution in [3.63, 3.8) is 0 Å². The standard InChI is InChI=1S/C28H25N5O2.2C27H25N3O2.C23H21N5OS/c34-27(31-15-17-32(18-16-31)28-23-13-7-8-14-26(23)35-30-28)20-33-25(22-11-5-2-6-12-22)19-24(29-33)21-9-3-1-4-10-21;1-32-26-14-8-13-22-18-29(16-15-23(22)26)27(31)19-30-25(21-11-6-3-7-12-21)17-24(28-30)20-9-4-2-5-10-20;1-32-24-13-12-23-18-29(15-14-22(23)16-24)27(31)19-30-26(21-10-6-3-7-11-21)17-25(28-30)20-8-4-2-5-9-20;24-23-25-18-11-12-27(14-21(18)30-23)22(29)15-28-20(17-9-5-2-6-10-17)13-19(26-28)16-7-3-1-4-8-16/h1-14,19H,15-18,20H2;2-14,17H,15-16,18-19H2,1H3;2-13,16-17H,14-15,18-19H2,1H3;1-10,13H,11-12,14-15H2,(H2,24,25). The molecule has 4 amide bonds. The summed E-state index contributed by atoms with van der Waals surface area (Å²) in [6.45, 7) is 7.31. The highest BCUT2D eigenvalue weighted by molar-refractivity contribution is 7.15. The number of benzene rings is 11. The Morgan fingerprint density at radius 1 is 0.357 bits per heavy atom. The Morgan fingerprint density at radius 3 is 1.16 bits per heavy atom. The Kier molecular flexibility index (Phi) is 25.7. The summed E-state index contributed by atoms with van der Waals surface area (Å²) in [5, 5.41) is 25.1. The monoisotopic (exact) mass is 1720 g/mol. The van der Waals surface area contributed by atoms with Crippen molar-refractivity contribution in [1.82, 2.24) is 68.9 Å². The average molecular weight is 1730 g/mol. The summed E-state index contributed by atoms with van der Waals surface area (Å²) in [4.78, 5) is 68.3. The minimum absolute atomic E-state index is 0.0486. The van der Waals surface area contributed by atoms with Gasteiger partial charge >= 0.3 is 0 Å². The first kappa shape index (κ1) is 84.3. The Hall–Kier alpha value is -15.6. The average Bonchev–Trinajstić information content (AvgIpc) is 0.968. The van der Waals surface area contributed by atoms with E-state index in [2.05, 4.69) is 81.8 Å². The number of thiazole rings is 1. The van der Waals surface area contributed by atoms with E-state index in [-0.39, 0.29) is 49.8 Å². The van der Waals surface area contributed by atoms with Gasteiger partial charge in [0.15, 0.2) is 16.5 Å². The van der Waals surface area contributed by atoms with E-state index in [9.17, 15) is 19.2 Å². The van der Waals surface area contributed by atoms with Gasteiger partial charge in [-0.25, -0.2) is 4.98 Å². The van der Waals surface area contributed by atoms with Crippen molar-refractivity contribution in [1.29, 1.82) is 0 Å². The van der Waals surface area contributed by atoms with Crippen molar-refractivity contribution in [2.24, 2.45) is 0 Å². The van der Waals surface area contributed by atoms with Gasteiger partial charge < -0.3 is 44.2 Å². The fourth-order valence-electron chi connectivity index (χ4n) is 17.0. The molecule has 644 valence electrons. The van der Waals surface area contributed by atoms with E-state index in [0.717, 1.165) is 154 Å². The van der Waals surface area contributed by atoms with Gasteiger partial charge in [-0.2, -0.15) is 20.4 Å². The number of hydrogen-bond donors (Lipinski definition) is 1. The van der Waals surface area contributed by atoms with Crippen molar-refractivity contribution in [3.05, 3.63) is 360 Å². The lowest BCUT2D eigenvalue weighted by Gasteiger charge is -2.34. The maximum Gasteiger partial charge on any atom is 0.244 e. The van der Waals surface area contributed by atoms with E-state index in [1.807, 2.05) is 299 Å². The van der Waals surface area contributed by atoms with E-state index in [0.29, 0.717) is 70.6 Å². The Labute approximate surface area is 752 Å². The Balaban J connectivity index is 0.000000116. The van der Waals surface area contributed by atoms with Crippen LogP contribution in [0.1, 0.15) is 32.8 Å². The van der Waals surface area contributed by atoms with Gasteiger partial charge in [0.2, 0.25) is 23.6 Å². The highest BCUT2D eigenvalue weighted by Gasteiger charge is 2.31. The zero-order valence-electron chi connectivity index (χ0n) is 71.7. The van der Waals surface area contributed by atoms with Crippen molar-refractivity contribution < 1.29 is 33.2 Å². The summed E-state index contributed by atoms with van der Waals surface area (Å²) < 4.78 is 23.6. The number of methoxy groups -OCH3 is 2. The van der Waals surface area contributed by atoms with Gasteiger partial charge in [0.05, 0.1) is 77.4 Å². The summed E-state index contributed by atoms with van der Waals surface area (Å²) >= 11 is 1.47. The van der Waals surface area contributed by atoms with Crippen LogP contribution in [0.4, 0.5) is 10.9 Å². The van der Waals surface area contributed by atoms with Crippen LogP contribution in [-0.2, 0) is 84.3 Å². The fourth-order valence-corrected chi connectivity index (χ4v) is 17.9. The Morgan fingerprint density at radius 2 is 0.736 bits per heavy atom. The molecule has 4 aliphatic rings. The zero-order valence-corrected chi connectivity index (χ0v) is 72.6. The minimum Gasteiger partial charge on any atom is -0.497 e. The number of amides is 4. The molecule has 0 unspecified atom stereocenters. The van der Waals surface area contributed by atoms with Gasteiger partial charge in [0.25, 0.3) is 0 Å². The lowest BCUT2D eigenvalue weighted by molar-refractivity contribution is -0.133. The van der Waals surface area contributed by atoms with Crippen molar-refractivity contribution >= 4 is 56.9 Å². The van der Waals surface area contributed by atoms with Crippen molar-refractivity contribution in [2.45, 2.75) is 65.1 Å². The zero-order chi connectivity index (χ0) is 87.9. The number of carbonyl (C=O) groups is 4. The van der Waals surface area contributed by atoms with Crippen LogP contribution >= 0.6 is 11.3 Å². The molecule has 17 aromatic rings. The molecule has 0 spiro atoms. The number of piperazine rings is 1. The van der Waals surface area contributed by atoms with Gasteiger partial charge in [0, 0.05) is 98.0 Å². The van der Waals surface area contributed by atoms with Crippen LogP contribution in [0.3, 0.4) is 0 Å². The molecule has 0 bridgehead atoms. The lowest BCUT2D eigenvalue weighted by Crippen LogP contribution is -2.49. The largest absolute Gasteiger partial charge is 0.497 e. The molecule has 6 aromatic heterocycles. The molecule has 1 saturated heterocycles. The van der Waals surface area contributed by atoms with E-state index in [1.54, 1.807) is 14.2 Å². The normalized spacial score (nSPS) is 13.3. The number of ether oxygens (including phenoxy) is 2. The maximum absolute atomic E-state index is 13.3. The number of hydrogen-bond acceptors (Lipinski definition) is 16. The molecular formula is C105H96N16O7S. The first-order valence-electron chi connectivity index (χ1n) is 43.4. The molecule has 0 aliphatic carbocycles. The van der Waals surface area contributed by atoms with Crippen LogP contribution in [0.15, 0.2) is 332 Å². The lowest BCUT2D eigenvalue weighted by atomic mass is 9.98. The summed E-state index contributed by atoms with van der Waals surface area (Å²) in [5.41, 5.74) is 27.9. The SMILES string of the molecule is COc1ccc2c(c1)CCN(C(=O)Cn1nc(-c3ccccc3)cc1-c1ccccc1)C2.COc1cccc2c1CCN(C(=O)Cn1nc(-c3ccccc3)cc1-c1ccccc1)C2.Nc1nc2c(s1)CN(C(=O)Cn1nc(-c3ccccc3)cc1-c1ccccc1)CC2.O=C(Cn1nc(-c2ccccc2)cc1-c1ccccc1)N1CCN(c2noc3ccccc23)CC1. The van der Waals surface area contributed by atoms with Crippen molar-refractivity contribution in [3.8, 4) is 102 Å². The molecule has 2 N–H and O–H groups in total. The quantitative estimate of drug-likeness (QED) is 0.0792. The van der Waals surface area contributed by atoms with E-state index >= 15 is 0 Å². The van der Waals surface area contributed by atoms with Crippen LogP contribution in [0.2, 0.25) is 0 Å². The first-order valence-corrected chi connectivity index (χ1v) is 44.2. The first-order chi connectivity index (χ1) is 63.4. The minimum atomic E-state index is 0.0486. The number of fused-ring (bicyclic) bond motifs is 4. The second kappa shape index (κ2) is 39.3. The highest BCUT2D eigenvalue weighted by atomic mass is 32.1. The van der Waals surface area contributed by atoms with E-state index in [1.165, 1.54) is 28.0 Å². The second-order valence-corrected chi connectivity index (χ2v) is 33.1. The van der Waals surface area contributed by atoms with Gasteiger partial charge in [-0.15, -0.1) is 11.3 Å². The molecule has 21 rings (SSSR count). The molecule has 0 atom stereocenters. The number of anilines is 2. The predicted molar refractivity (Wildman–Crippen MR) is 505 cm³/mol. The number of rotatable bonds is 19. The molecule has 11 aromatic carbocycles. The van der Waals surface area contributed by atoms with Gasteiger partial charge in [-0.3, -0.25) is 37.9 Å². The van der Waals surface area contributed by atoms with Crippen LogP contribution in [0, 0.1) is 0 Å². The molecule has 1 fully saturated rings. The molecule has 4 aliphatic heterocycles. The highest BCUT2D eigenvalue weighted by Crippen LogP contribution is 2.36. The number of aromatic nitrogens is 10. The summed E-state index contributed by atoms with van der Waals surface area (Å²) in [6, 6.07) is 109. The van der Waals surface area contributed by atoms with E-state index in [4.69, 9.17) is 40.1 Å². The Bertz CT molecular complexity index is 6720. The molecule has 10 heterocycles. The van der Waals surface area contributed by atoms with Crippen LogP contribution < -0.4 is 20.1 Å². The molecule has 0 radical (unpaired) electrons. The molecular weight excluding hydrogens is 1630 g/mol. The van der Waals surface area contributed by atoms with Crippen LogP contribution in [-0.4, -0.2) is 153 Å².